The average molecular weight is 154 g/mol. The van der Waals surface area contributed by atoms with Crippen LogP contribution in [0, 0.1) is 0 Å². The maximum atomic E-state index is 10.6. The van der Waals surface area contributed by atoms with Crippen LogP contribution < -0.4 is 0 Å². The molecule has 0 aliphatic heterocycles. The van der Waals surface area contributed by atoms with E-state index in [-0.39, 0.29) is 11.5 Å². The normalized spacial score (nSPS) is 8.91. The van der Waals surface area contributed by atoms with Gasteiger partial charge >= 0.3 is 0 Å². The van der Waals surface area contributed by atoms with Gasteiger partial charge in [0.25, 0.3) is 0 Å². The summed E-state index contributed by atoms with van der Waals surface area (Å²) in [7, 11) is 0. The zero-order valence-electron chi connectivity index (χ0n) is 7.14. The van der Waals surface area contributed by atoms with Crippen LogP contribution in [0.3, 0.4) is 0 Å². The Morgan fingerprint density at radius 1 is 1.36 bits per heavy atom. The van der Waals surface area contributed by atoms with Gasteiger partial charge in [-0.25, -0.2) is 0 Å². The van der Waals surface area contributed by atoms with Gasteiger partial charge in [-0.15, -0.1) is 6.58 Å². The van der Waals surface area contributed by atoms with E-state index in [1.165, 1.54) is 6.92 Å². The summed E-state index contributed by atoms with van der Waals surface area (Å²) in [4.78, 5) is 10.6. The Kier molecular flexibility index (Phi) is 4.27. The fraction of sp³-hybridized carbons (Fsp3) is 0.444. The first kappa shape index (κ1) is 9.95. The van der Waals surface area contributed by atoms with Gasteiger partial charge in [0, 0.05) is 13.3 Å². The van der Waals surface area contributed by atoms with E-state index in [1.807, 2.05) is 6.92 Å². The predicted molar refractivity (Wildman–Crippen MR) is 45.2 cm³/mol. The van der Waals surface area contributed by atoms with Gasteiger partial charge in [0.05, 0.1) is 6.61 Å². The van der Waals surface area contributed by atoms with Crippen LogP contribution in [0.25, 0.3) is 0 Å². The van der Waals surface area contributed by atoms with E-state index in [4.69, 9.17) is 4.74 Å². The number of ketones is 1. The summed E-state index contributed by atoms with van der Waals surface area (Å²) >= 11 is 0. The molecule has 62 valence electrons. The molecular formula is C9H14O2. The Labute approximate surface area is 67.6 Å². The molecule has 0 aromatic heterocycles. The molecule has 0 N–H and O–H groups in total. The van der Waals surface area contributed by atoms with Crippen molar-refractivity contribution in [3.05, 3.63) is 24.5 Å². The monoisotopic (exact) mass is 154 g/mol. The number of hydrogen-bond donors (Lipinski definition) is 0. The summed E-state index contributed by atoms with van der Waals surface area (Å²) in [6.45, 7) is 11.0. The number of hydrogen-bond acceptors (Lipinski definition) is 2. The Hall–Kier alpha value is -1.05. The molecule has 0 saturated carbocycles. The van der Waals surface area contributed by atoms with Crippen molar-refractivity contribution in [1.82, 2.24) is 0 Å². The maximum Gasteiger partial charge on any atom is 0.193 e. The van der Waals surface area contributed by atoms with Gasteiger partial charge in [-0.05, 0) is 6.92 Å². The molecule has 0 rings (SSSR count). The highest BCUT2D eigenvalue weighted by molar-refractivity contribution is 5.90. The third kappa shape index (κ3) is 5.40. The van der Waals surface area contributed by atoms with Crippen molar-refractivity contribution < 1.29 is 9.53 Å². The van der Waals surface area contributed by atoms with E-state index in [0.717, 1.165) is 12.0 Å². The van der Waals surface area contributed by atoms with Crippen molar-refractivity contribution >= 4 is 5.78 Å². The Bertz CT molecular complexity index is 180. The molecule has 0 bridgehead atoms. The van der Waals surface area contributed by atoms with Crippen molar-refractivity contribution in [2.24, 2.45) is 0 Å². The standard InChI is InChI=1S/C9H14O2/c1-7(2)5-6-11-9(4)8(3)10/h1,4-6H2,2-3H3. The van der Waals surface area contributed by atoms with Gasteiger partial charge in [-0.3, -0.25) is 4.79 Å². The molecule has 0 spiro atoms. The van der Waals surface area contributed by atoms with Crippen LogP contribution in [0.5, 0.6) is 0 Å². The van der Waals surface area contributed by atoms with Crippen LogP contribution in [-0.2, 0) is 9.53 Å². The summed E-state index contributed by atoms with van der Waals surface area (Å²) in [6.07, 6.45) is 0.770. The van der Waals surface area contributed by atoms with E-state index in [0.29, 0.717) is 6.61 Å². The summed E-state index contributed by atoms with van der Waals surface area (Å²) in [5.74, 6) is 0.109. The number of rotatable bonds is 5. The molecule has 0 heterocycles. The third-order valence-electron chi connectivity index (χ3n) is 1.20. The van der Waals surface area contributed by atoms with Crippen molar-refractivity contribution in [2.75, 3.05) is 6.61 Å². The molecule has 0 fully saturated rings. The third-order valence-corrected chi connectivity index (χ3v) is 1.20. The lowest BCUT2D eigenvalue weighted by Gasteiger charge is -2.04. The number of carbonyl (C=O) groups excluding carboxylic acids is 1. The average Bonchev–Trinajstić information content (AvgIpc) is 1.86. The first-order valence-corrected chi connectivity index (χ1v) is 3.51. The van der Waals surface area contributed by atoms with Gasteiger partial charge < -0.3 is 4.74 Å². The fourth-order valence-electron chi connectivity index (χ4n) is 0.450. The number of allylic oxidation sites excluding steroid dienone is 1. The molecule has 0 amide bonds. The molecular weight excluding hydrogens is 140 g/mol. The quantitative estimate of drug-likeness (QED) is 0.344. The minimum atomic E-state index is -0.119. The molecule has 0 aromatic rings. The van der Waals surface area contributed by atoms with Crippen LogP contribution in [0.15, 0.2) is 24.5 Å². The lowest BCUT2D eigenvalue weighted by atomic mass is 10.3. The topological polar surface area (TPSA) is 26.3 Å². The second kappa shape index (κ2) is 4.72. The molecule has 0 aliphatic rings. The van der Waals surface area contributed by atoms with E-state index in [9.17, 15) is 4.79 Å². The van der Waals surface area contributed by atoms with Crippen LogP contribution in [-0.4, -0.2) is 12.4 Å². The highest BCUT2D eigenvalue weighted by atomic mass is 16.5. The maximum absolute atomic E-state index is 10.6. The van der Waals surface area contributed by atoms with E-state index in [2.05, 4.69) is 13.2 Å². The second-order valence-corrected chi connectivity index (χ2v) is 2.53. The molecule has 0 atom stereocenters. The zero-order valence-corrected chi connectivity index (χ0v) is 7.14. The predicted octanol–water partition coefficient (Wildman–Crippen LogP) is 2.07. The smallest absolute Gasteiger partial charge is 0.193 e. The van der Waals surface area contributed by atoms with Gasteiger partial charge in [0.2, 0.25) is 0 Å². The highest BCUT2D eigenvalue weighted by Gasteiger charge is 1.99. The van der Waals surface area contributed by atoms with Crippen molar-refractivity contribution in [3.8, 4) is 0 Å². The van der Waals surface area contributed by atoms with Gasteiger partial charge in [0.15, 0.2) is 11.5 Å². The van der Waals surface area contributed by atoms with E-state index in [1.54, 1.807) is 0 Å². The van der Waals surface area contributed by atoms with E-state index < -0.39 is 0 Å². The van der Waals surface area contributed by atoms with Crippen LogP contribution in [0.4, 0.5) is 0 Å². The van der Waals surface area contributed by atoms with Gasteiger partial charge in [-0.2, -0.15) is 0 Å². The van der Waals surface area contributed by atoms with Crippen molar-refractivity contribution in [1.29, 1.82) is 0 Å². The summed E-state index contributed by atoms with van der Waals surface area (Å²) in [5, 5.41) is 0. The SMILES string of the molecule is C=C(C)CCOC(=C)C(C)=O. The van der Waals surface area contributed by atoms with Gasteiger partial charge in [-0.1, -0.05) is 12.2 Å². The number of Topliss-reactive ketones (excluding diaryl/α,β-unsaturated/α-hetero) is 1. The van der Waals surface area contributed by atoms with Crippen LogP contribution in [0.2, 0.25) is 0 Å². The molecule has 11 heavy (non-hydrogen) atoms. The fourth-order valence-corrected chi connectivity index (χ4v) is 0.450. The van der Waals surface area contributed by atoms with Crippen LogP contribution in [0.1, 0.15) is 20.3 Å². The molecule has 0 radical (unpaired) electrons. The first-order chi connectivity index (χ1) is 5.04. The van der Waals surface area contributed by atoms with Crippen LogP contribution >= 0.6 is 0 Å². The van der Waals surface area contributed by atoms with Crippen molar-refractivity contribution in [3.63, 3.8) is 0 Å². The Morgan fingerprint density at radius 2 is 1.91 bits per heavy atom. The minimum Gasteiger partial charge on any atom is -0.490 e. The highest BCUT2D eigenvalue weighted by Crippen LogP contribution is 2.00. The number of carbonyl (C=O) groups is 1. The zero-order chi connectivity index (χ0) is 8.85. The van der Waals surface area contributed by atoms with Gasteiger partial charge in [0.1, 0.15) is 0 Å². The lowest BCUT2D eigenvalue weighted by Crippen LogP contribution is -2.01. The Balaban J connectivity index is 3.47. The minimum absolute atomic E-state index is 0.119. The Morgan fingerprint density at radius 3 is 2.27 bits per heavy atom. The van der Waals surface area contributed by atoms with Crippen molar-refractivity contribution in [2.45, 2.75) is 20.3 Å². The molecule has 0 saturated heterocycles. The molecule has 0 aromatic carbocycles. The summed E-state index contributed by atoms with van der Waals surface area (Å²) < 4.78 is 5.01. The molecule has 2 heteroatoms. The first-order valence-electron chi connectivity index (χ1n) is 3.51. The lowest BCUT2D eigenvalue weighted by molar-refractivity contribution is -0.116. The molecule has 2 nitrogen and oxygen atoms in total. The molecule has 0 unspecified atom stereocenters. The number of ether oxygens (including phenoxy) is 1. The second-order valence-electron chi connectivity index (χ2n) is 2.53. The largest absolute Gasteiger partial charge is 0.490 e. The van der Waals surface area contributed by atoms with E-state index >= 15 is 0 Å². The molecule has 0 aliphatic carbocycles. The summed E-state index contributed by atoms with van der Waals surface area (Å²) in [6, 6.07) is 0. The summed E-state index contributed by atoms with van der Waals surface area (Å²) in [5.41, 5.74) is 1.04.